The first-order chi connectivity index (χ1) is 6.47. The Bertz CT molecular complexity index is 475. The number of aromatic nitrogens is 2. The van der Waals surface area contributed by atoms with Gasteiger partial charge in [0.25, 0.3) is 0 Å². The number of hydrogen-bond donors (Lipinski definition) is 0. The lowest BCUT2D eigenvalue weighted by Gasteiger charge is -2.05. The van der Waals surface area contributed by atoms with Crippen LogP contribution in [0.1, 0.15) is 5.56 Å². The third-order valence-corrected chi connectivity index (χ3v) is 2.13. The van der Waals surface area contributed by atoms with Gasteiger partial charge in [0.05, 0.1) is 5.56 Å². The van der Waals surface area contributed by atoms with Crippen LogP contribution in [0.15, 0.2) is 29.1 Å². The third kappa shape index (κ3) is 1.61. The predicted octanol–water partition coefficient (Wildman–Crippen LogP) is 3.12. The molecule has 0 N–H and O–H groups in total. The van der Waals surface area contributed by atoms with Crippen molar-refractivity contribution in [2.75, 3.05) is 0 Å². The maximum Gasteiger partial charge on any atom is 0.417 e. The minimum Gasteiger partial charge on any atom is -0.305 e. The van der Waals surface area contributed by atoms with Crippen LogP contribution in [-0.2, 0) is 6.18 Å². The SMILES string of the molecule is FC(F)(F)c1ccc2nc(Br)cn2c1. The molecule has 2 aromatic rings. The zero-order chi connectivity index (χ0) is 10.3. The maximum atomic E-state index is 12.3. The molecule has 0 bridgehead atoms. The van der Waals surface area contributed by atoms with E-state index in [0.29, 0.717) is 10.3 Å². The van der Waals surface area contributed by atoms with Crippen molar-refractivity contribution in [2.24, 2.45) is 0 Å². The predicted molar refractivity (Wildman–Crippen MR) is 47.9 cm³/mol. The molecule has 0 radical (unpaired) electrons. The molecule has 0 aliphatic rings. The van der Waals surface area contributed by atoms with Crippen molar-refractivity contribution < 1.29 is 13.2 Å². The topological polar surface area (TPSA) is 17.3 Å². The summed E-state index contributed by atoms with van der Waals surface area (Å²) in [5.41, 5.74) is -0.209. The standard InChI is InChI=1S/C8H4BrF3N2/c9-6-4-14-3-5(8(10,11)12)1-2-7(14)13-6/h1-4H. The lowest BCUT2D eigenvalue weighted by molar-refractivity contribution is -0.137. The van der Waals surface area contributed by atoms with Crippen molar-refractivity contribution in [2.45, 2.75) is 6.18 Å². The van der Waals surface area contributed by atoms with E-state index in [2.05, 4.69) is 20.9 Å². The van der Waals surface area contributed by atoms with Crippen LogP contribution >= 0.6 is 15.9 Å². The highest BCUT2D eigenvalue weighted by Gasteiger charge is 2.30. The molecule has 0 aliphatic heterocycles. The van der Waals surface area contributed by atoms with Crippen molar-refractivity contribution >= 4 is 21.6 Å². The average Bonchev–Trinajstić information content (AvgIpc) is 2.41. The van der Waals surface area contributed by atoms with Gasteiger partial charge in [0.2, 0.25) is 0 Å². The fourth-order valence-corrected chi connectivity index (χ4v) is 1.53. The Balaban J connectivity index is 2.62. The van der Waals surface area contributed by atoms with E-state index in [-0.39, 0.29) is 0 Å². The maximum absolute atomic E-state index is 12.3. The van der Waals surface area contributed by atoms with Crippen molar-refractivity contribution in [1.29, 1.82) is 0 Å². The van der Waals surface area contributed by atoms with Crippen molar-refractivity contribution in [1.82, 2.24) is 9.38 Å². The molecule has 0 aliphatic carbocycles. The normalized spacial score (nSPS) is 12.3. The van der Waals surface area contributed by atoms with Crippen LogP contribution in [0.2, 0.25) is 0 Å². The second-order valence-electron chi connectivity index (χ2n) is 2.74. The first kappa shape index (κ1) is 9.51. The number of rotatable bonds is 0. The molecule has 0 fully saturated rings. The Labute approximate surface area is 85.5 Å². The lowest BCUT2D eigenvalue weighted by Crippen LogP contribution is -2.05. The van der Waals surface area contributed by atoms with Gasteiger partial charge in [-0.15, -0.1) is 0 Å². The third-order valence-electron chi connectivity index (χ3n) is 1.75. The summed E-state index contributed by atoms with van der Waals surface area (Å²) in [6.07, 6.45) is -1.83. The molecule has 0 saturated heterocycles. The smallest absolute Gasteiger partial charge is 0.305 e. The Morgan fingerprint density at radius 3 is 2.57 bits per heavy atom. The van der Waals surface area contributed by atoms with E-state index in [1.54, 1.807) is 0 Å². The highest BCUT2D eigenvalue weighted by Crippen LogP contribution is 2.29. The van der Waals surface area contributed by atoms with Crippen molar-refractivity contribution in [3.63, 3.8) is 0 Å². The molecule has 14 heavy (non-hydrogen) atoms. The lowest BCUT2D eigenvalue weighted by atomic mass is 10.3. The number of fused-ring (bicyclic) bond motifs is 1. The molecule has 0 unspecified atom stereocenters. The first-order valence-electron chi connectivity index (χ1n) is 3.68. The van der Waals surface area contributed by atoms with Gasteiger partial charge < -0.3 is 4.40 Å². The minimum absolute atomic E-state index is 0.477. The highest BCUT2D eigenvalue weighted by molar-refractivity contribution is 9.10. The Morgan fingerprint density at radius 2 is 1.93 bits per heavy atom. The van der Waals surface area contributed by atoms with E-state index in [1.807, 2.05) is 0 Å². The molecule has 2 rings (SSSR count). The molecule has 2 aromatic heterocycles. The Hall–Kier alpha value is -1.04. The molecular formula is C8H4BrF3N2. The first-order valence-corrected chi connectivity index (χ1v) is 4.47. The molecule has 0 amide bonds. The number of hydrogen-bond acceptors (Lipinski definition) is 1. The van der Waals surface area contributed by atoms with Crippen LogP contribution in [0.5, 0.6) is 0 Å². The van der Waals surface area contributed by atoms with Gasteiger partial charge in [0, 0.05) is 12.4 Å². The summed E-state index contributed by atoms with van der Waals surface area (Å²) < 4.78 is 38.7. The van der Waals surface area contributed by atoms with Crippen LogP contribution in [0.3, 0.4) is 0 Å². The van der Waals surface area contributed by atoms with Gasteiger partial charge in [-0.25, -0.2) is 4.98 Å². The quantitative estimate of drug-likeness (QED) is 0.715. The van der Waals surface area contributed by atoms with E-state index >= 15 is 0 Å². The van der Waals surface area contributed by atoms with Crippen LogP contribution in [0.25, 0.3) is 5.65 Å². The van der Waals surface area contributed by atoms with Crippen molar-refractivity contribution in [3.8, 4) is 0 Å². The molecule has 0 spiro atoms. The fourth-order valence-electron chi connectivity index (χ4n) is 1.13. The van der Waals surface area contributed by atoms with Gasteiger partial charge in [-0.05, 0) is 28.1 Å². The van der Waals surface area contributed by atoms with E-state index in [4.69, 9.17) is 0 Å². The molecule has 0 atom stereocenters. The van der Waals surface area contributed by atoms with Crippen LogP contribution < -0.4 is 0 Å². The summed E-state index contributed by atoms with van der Waals surface area (Å²) in [6.45, 7) is 0. The molecular weight excluding hydrogens is 261 g/mol. The second-order valence-corrected chi connectivity index (χ2v) is 3.56. The van der Waals surface area contributed by atoms with Gasteiger partial charge >= 0.3 is 6.18 Å². The summed E-state index contributed by atoms with van der Waals surface area (Å²) in [5.74, 6) is 0. The van der Waals surface area contributed by atoms with E-state index < -0.39 is 11.7 Å². The highest BCUT2D eigenvalue weighted by atomic mass is 79.9. The van der Waals surface area contributed by atoms with Crippen molar-refractivity contribution in [3.05, 3.63) is 34.7 Å². The molecule has 2 nitrogen and oxygen atoms in total. The van der Waals surface area contributed by atoms with Gasteiger partial charge in [0.1, 0.15) is 10.3 Å². The summed E-state index contributed by atoms with van der Waals surface area (Å²) in [7, 11) is 0. The number of nitrogens with zero attached hydrogens (tertiary/aromatic N) is 2. The van der Waals surface area contributed by atoms with Crippen LogP contribution in [0, 0.1) is 0 Å². The van der Waals surface area contributed by atoms with Gasteiger partial charge in [-0.1, -0.05) is 0 Å². The van der Waals surface area contributed by atoms with Gasteiger partial charge in [-0.3, -0.25) is 0 Å². The second kappa shape index (κ2) is 2.98. The zero-order valence-electron chi connectivity index (χ0n) is 6.72. The Morgan fingerprint density at radius 1 is 1.21 bits per heavy atom. The molecule has 0 saturated carbocycles. The largest absolute Gasteiger partial charge is 0.417 e. The minimum atomic E-state index is -4.31. The number of halogens is 4. The Kier molecular flexibility index (Phi) is 2.02. The summed E-state index contributed by atoms with van der Waals surface area (Å²) in [6, 6.07) is 2.34. The number of alkyl halides is 3. The number of imidazole rings is 1. The summed E-state index contributed by atoms with van der Waals surface area (Å²) in [4.78, 5) is 3.95. The molecule has 6 heteroatoms. The van der Waals surface area contributed by atoms with E-state index in [9.17, 15) is 13.2 Å². The monoisotopic (exact) mass is 264 g/mol. The van der Waals surface area contributed by atoms with Crippen LogP contribution in [0.4, 0.5) is 13.2 Å². The van der Waals surface area contributed by atoms with Gasteiger partial charge in [0.15, 0.2) is 0 Å². The van der Waals surface area contributed by atoms with Crippen LogP contribution in [-0.4, -0.2) is 9.38 Å². The molecule has 74 valence electrons. The number of pyridine rings is 1. The zero-order valence-corrected chi connectivity index (χ0v) is 8.30. The van der Waals surface area contributed by atoms with Gasteiger partial charge in [-0.2, -0.15) is 13.2 Å². The van der Waals surface area contributed by atoms with E-state index in [0.717, 1.165) is 12.3 Å². The van der Waals surface area contributed by atoms with E-state index in [1.165, 1.54) is 16.7 Å². The summed E-state index contributed by atoms with van der Waals surface area (Å²) in [5, 5.41) is 0. The molecule has 2 heterocycles. The average molecular weight is 265 g/mol. The summed E-state index contributed by atoms with van der Waals surface area (Å²) >= 11 is 3.09. The molecule has 0 aromatic carbocycles. The fraction of sp³-hybridized carbons (Fsp3) is 0.125.